The van der Waals surface area contributed by atoms with Crippen molar-refractivity contribution < 1.29 is 9.53 Å². The lowest BCUT2D eigenvalue weighted by molar-refractivity contribution is 0.0896. The van der Waals surface area contributed by atoms with Crippen LogP contribution < -0.4 is 10.6 Å². The fourth-order valence-corrected chi connectivity index (χ4v) is 3.26. The van der Waals surface area contributed by atoms with E-state index in [1.165, 1.54) is 0 Å². The van der Waals surface area contributed by atoms with Crippen molar-refractivity contribution in [3.63, 3.8) is 0 Å². The summed E-state index contributed by atoms with van der Waals surface area (Å²) >= 11 is 0. The van der Waals surface area contributed by atoms with Crippen LogP contribution in [0, 0.1) is 0 Å². The molecule has 146 valence electrons. The zero-order valence-corrected chi connectivity index (χ0v) is 16.3. The molecule has 8 nitrogen and oxygen atoms in total. The van der Waals surface area contributed by atoms with E-state index in [0.717, 1.165) is 30.9 Å². The molecule has 1 aromatic heterocycles. The van der Waals surface area contributed by atoms with Crippen LogP contribution in [-0.4, -0.2) is 64.5 Å². The predicted octanol–water partition coefficient (Wildman–Crippen LogP) is 2.26. The first-order valence-electron chi connectivity index (χ1n) is 9.36. The number of aromatic amines is 1. The van der Waals surface area contributed by atoms with E-state index >= 15 is 0 Å². The molecule has 1 aromatic carbocycles. The van der Waals surface area contributed by atoms with Crippen LogP contribution in [0.3, 0.4) is 0 Å². The minimum absolute atomic E-state index is 0.00907. The first-order chi connectivity index (χ1) is 13.0. The number of carbonyl (C=O) groups is 1. The topological polar surface area (TPSA) is 95.2 Å². The molecule has 3 rings (SSSR count). The highest BCUT2D eigenvalue weighted by Crippen LogP contribution is 2.20. The van der Waals surface area contributed by atoms with E-state index < -0.39 is 0 Å². The van der Waals surface area contributed by atoms with Gasteiger partial charge in [-0.2, -0.15) is 5.10 Å². The Labute approximate surface area is 159 Å². The zero-order valence-electron chi connectivity index (χ0n) is 16.3. The van der Waals surface area contributed by atoms with E-state index in [0.29, 0.717) is 17.6 Å². The number of aromatic nitrogens is 3. The molecule has 0 bridgehead atoms. The molecule has 1 aliphatic heterocycles. The standard InChI is InChI=1S/C19H28N6O2/c1-5-17-22-18(24-23-17)13-7-6-8-14(9-13)20-19(26)21-15-10-25(12(2)3)11-16(15)27-4/h6-9,12,15-16H,5,10-11H2,1-4H3,(H2,20,21,26)(H,22,23,24)/t15-,16-/m1/s1. The summed E-state index contributed by atoms with van der Waals surface area (Å²) in [5.74, 6) is 1.46. The molecule has 0 radical (unpaired) electrons. The Bertz CT molecular complexity index is 775. The van der Waals surface area contributed by atoms with Crippen LogP contribution in [0.2, 0.25) is 0 Å². The first kappa shape index (κ1) is 19.3. The lowest BCUT2D eigenvalue weighted by Gasteiger charge is -2.20. The SMILES string of the molecule is CCc1nc(-c2cccc(NC(=O)N[C@@H]3CN(C(C)C)C[C@H]3OC)c2)n[nH]1. The molecule has 0 saturated carbocycles. The van der Waals surface area contributed by atoms with E-state index in [9.17, 15) is 4.79 Å². The van der Waals surface area contributed by atoms with Crippen LogP contribution in [0.5, 0.6) is 0 Å². The van der Waals surface area contributed by atoms with Crippen molar-refractivity contribution in [2.75, 3.05) is 25.5 Å². The highest BCUT2D eigenvalue weighted by molar-refractivity contribution is 5.90. The number of amides is 2. The number of nitrogens with one attached hydrogen (secondary N) is 3. The van der Waals surface area contributed by atoms with Crippen LogP contribution in [0.1, 0.15) is 26.6 Å². The van der Waals surface area contributed by atoms with Gasteiger partial charge in [-0.1, -0.05) is 19.1 Å². The van der Waals surface area contributed by atoms with Gasteiger partial charge < -0.3 is 15.4 Å². The van der Waals surface area contributed by atoms with Gasteiger partial charge in [-0.3, -0.25) is 10.00 Å². The highest BCUT2D eigenvalue weighted by atomic mass is 16.5. The number of methoxy groups -OCH3 is 1. The average molecular weight is 372 g/mol. The summed E-state index contributed by atoms with van der Waals surface area (Å²) in [4.78, 5) is 19.2. The second-order valence-corrected chi connectivity index (χ2v) is 7.07. The quantitative estimate of drug-likeness (QED) is 0.723. The van der Waals surface area contributed by atoms with Gasteiger partial charge in [0.25, 0.3) is 0 Å². The third kappa shape index (κ3) is 4.64. The second-order valence-electron chi connectivity index (χ2n) is 7.07. The molecule has 2 heterocycles. The van der Waals surface area contributed by atoms with Crippen molar-refractivity contribution in [3.8, 4) is 11.4 Å². The van der Waals surface area contributed by atoms with Crippen molar-refractivity contribution in [1.29, 1.82) is 0 Å². The minimum atomic E-state index is -0.242. The molecule has 2 aromatic rings. The summed E-state index contributed by atoms with van der Waals surface area (Å²) in [6.07, 6.45) is 0.785. The van der Waals surface area contributed by atoms with Gasteiger partial charge in [0.15, 0.2) is 5.82 Å². The van der Waals surface area contributed by atoms with Gasteiger partial charge in [0.05, 0.1) is 12.1 Å². The maximum absolute atomic E-state index is 12.5. The van der Waals surface area contributed by atoms with Crippen molar-refractivity contribution in [2.24, 2.45) is 0 Å². The summed E-state index contributed by atoms with van der Waals surface area (Å²) in [6.45, 7) is 7.91. The number of likely N-dealkylation sites (tertiary alicyclic amines) is 1. The van der Waals surface area contributed by atoms with Crippen molar-refractivity contribution in [3.05, 3.63) is 30.1 Å². The minimum Gasteiger partial charge on any atom is -0.378 e. The maximum Gasteiger partial charge on any atom is 0.319 e. The van der Waals surface area contributed by atoms with Crippen molar-refractivity contribution >= 4 is 11.7 Å². The molecule has 1 fully saturated rings. The molecule has 8 heteroatoms. The molecule has 2 atom stereocenters. The molecule has 3 N–H and O–H groups in total. The molecule has 27 heavy (non-hydrogen) atoms. The maximum atomic E-state index is 12.5. The van der Waals surface area contributed by atoms with Gasteiger partial charge in [0.2, 0.25) is 0 Å². The number of hydrogen-bond acceptors (Lipinski definition) is 5. The Morgan fingerprint density at radius 2 is 2.22 bits per heavy atom. The van der Waals surface area contributed by atoms with Crippen LogP contribution in [0.25, 0.3) is 11.4 Å². The van der Waals surface area contributed by atoms with E-state index in [4.69, 9.17) is 4.74 Å². The number of carbonyl (C=O) groups excluding carboxylic acids is 1. The third-order valence-electron chi connectivity index (χ3n) is 4.89. The summed E-state index contributed by atoms with van der Waals surface area (Å²) in [5, 5.41) is 13.1. The largest absolute Gasteiger partial charge is 0.378 e. The zero-order chi connectivity index (χ0) is 19.4. The van der Waals surface area contributed by atoms with E-state index in [2.05, 4.69) is 44.6 Å². The number of nitrogens with zero attached hydrogens (tertiary/aromatic N) is 3. The Morgan fingerprint density at radius 1 is 1.41 bits per heavy atom. The second kappa shape index (κ2) is 8.49. The number of rotatable bonds is 6. The summed E-state index contributed by atoms with van der Waals surface area (Å²) < 4.78 is 5.54. The van der Waals surface area contributed by atoms with E-state index in [1.54, 1.807) is 7.11 Å². The third-order valence-corrected chi connectivity index (χ3v) is 4.89. The fourth-order valence-electron chi connectivity index (χ4n) is 3.26. The normalized spacial score (nSPS) is 20.2. The monoisotopic (exact) mass is 372 g/mol. The number of H-pyrrole nitrogens is 1. The van der Waals surface area contributed by atoms with Gasteiger partial charge in [0.1, 0.15) is 5.82 Å². The van der Waals surface area contributed by atoms with Crippen LogP contribution in [0.15, 0.2) is 24.3 Å². The van der Waals surface area contributed by atoms with Crippen LogP contribution in [-0.2, 0) is 11.2 Å². The Morgan fingerprint density at radius 3 is 2.89 bits per heavy atom. The predicted molar refractivity (Wildman–Crippen MR) is 105 cm³/mol. The lowest BCUT2D eigenvalue weighted by Crippen LogP contribution is -2.45. The van der Waals surface area contributed by atoms with E-state index in [-0.39, 0.29) is 18.2 Å². The number of anilines is 1. The van der Waals surface area contributed by atoms with Gasteiger partial charge >= 0.3 is 6.03 Å². The number of aryl methyl sites for hydroxylation is 1. The number of benzene rings is 1. The summed E-state index contributed by atoms with van der Waals surface area (Å²) in [7, 11) is 1.69. The highest BCUT2D eigenvalue weighted by Gasteiger charge is 2.34. The molecule has 1 aliphatic rings. The number of ether oxygens (including phenoxy) is 1. The van der Waals surface area contributed by atoms with Crippen molar-refractivity contribution in [1.82, 2.24) is 25.4 Å². The van der Waals surface area contributed by atoms with Crippen LogP contribution in [0.4, 0.5) is 10.5 Å². The lowest BCUT2D eigenvalue weighted by atomic mass is 10.2. The Hall–Kier alpha value is -2.45. The molecule has 0 aliphatic carbocycles. The molecular weight excluding hydrogens is 344 g/mol. The molecule has 1 saturated heterocycles. The van der Waals surface area contributed by atoms with Gasteiger partial charge in [-0.05, 0) is 26.0 Å². The van der Waals surface area contributed by atoms with Crippen molar-refractivity contribution in [2.45, 2.75) is 45.4 Å². The van der Waals surface area contributed by atoms with Gasteiger partial charge in [-0.15, -0.1) is 0 Å². The van der Waals surface area contributed by atoms with Gasteiger partial charge in [-0.25, -0.2) is 9.78 Å². The Balaban J connectivity index is 1.63. The van der Waals surface area contributed by atoms with E-state index in [1.807, 2.05) is 31.2 Å². The number of hydrogen-bond donors (Lipinski definition) is 3. The first-order valence-corrected chi connectivity index (χ1v) is 9.36. The summed E-state index contributed by atoms with van der Waals surface area (Å²) in [5.41, 5.74) is 1.55. The summed E-state index contributed by atoms with van der Waals surface area (Å²) in [6, 6.07) is 7.65. The molecular formula is C19H28N6O2. The molecule has 0 unspecified atom stereocenters. The number of urea groups is 1. The average Bonchev–Trinajstić information content (AvgIpc) is 3.28. The van der Waals surface area contributed by atoms with Gasteiger partial charge in [0, 0.05) is 43.9 Å². The Kier molecular flexibility index (Phi) is 6.08. The fraction of sp³-hybridized carbons (Fsp3) is 0.526. The molecule has 0 spiro atoms. The van der Waals surface area contributed by atoms with Crippen LogP contribution >= 0.6 is 0 Å². The molecule has 2 amide bonds. The smallest absolute Gasteiger partial charge is 0.319 e.